The van der Waals surface area contributed by atoms with E-state index in [4.69, 9.17) is 0 Å². The smallest absolute Gasteiger partial charge is 0.404 e. The van der Waals surface area contributed by atoms with Gasteiger partial charge in [-0.25, -0.2) is 4.79 Å². The van der Waals surface area contributed by atoms with Crippen molar-refractivity contribution >= 4 is 6.09 Å². The van der Waals surface area contributed by atoms with Crippen molar-refractivity contribution in [2.24, 2.45) is 5.73 Å². The molecule has 1 radical (unpaired) electrons. The van der Waals surface area contributed by atoms with Crippen LogP contribution in [-0.4, -0.2) is 6.09 Å². The average Bonchev–Trinajstić information content (AvgIpc) is 1.66. The Morgan fingerprint density at radius 3 is 2.88 bits per heavy atom. The first-order chi connectivity index (χ1) is 3.77. The second-order valence-electron chi connectivity index (χ2n) is 1.39. The molecule has 1 amide bonds. The molecule has 0 saturated carbocycles. The zero-order valence-electron chi connectivity index (χ0n) is 4.89. The van der Waals surface area contributed by atoms with Gasteiger partial charge in [-0.05, 0) is 6.42 Å². The summed E-state index contributed by atoms with van der Waals surface area (Å²) in [5, 5.41) is 0. The van der Waals surface area contributed by atoms with Crippen LogP contribution < -0.4 is 5.73 Å². The molecule has 0 heterocycles. The van der Waals surface area contributed by atoms with E-state index in [0.29, 0.717) is 0 Å². The normalized spacial score (nSPS) is 8.62. The number of hydrogen-bond donors (Lipinski definition) is 1. The van der Waals surface area contributed by atoms with Gasteiger partial charge in [-0.15, -0.1) is 0 Å². The van der Waals surface area contributed by atoms with Crippen molar-refractivity contribution in [1.29, 1.82) is 0 Å². The van der Waals surface area contributed by atoms with Gasteiger partial charge in [-0.3, -0.25) is 0 Å². The van der Waals surface area contributed by atoms with Crippen LogP contribution >= 0.6 is 0 Å². The third-order valence-corrected chi connectivity index (χ3v) is 0.606. The van der Waals surface area contributed by atoms with E-state index >= 15 is 0 Å². The fraction of sp³-hybridized carbons (Fsp3) is 0.600. The highest BCUT2D eigenvalue weighted by Crippen LogP contribution is 1.92. The van der Waals surface area contributed by atoms with E-state index in [-0.39, 0.29) is 0 Å². The lowest BCUT2D eigenvalue weighted by Gasteiger charge is -1.94. The number of nitrogens with two attached hydrogens (primary N) is 1. The predicted octanol–water partition coefficient (Wildman–Crippen LogP) is 1.04. The Bertz CT molecular complexity index is 72.8. The molecule has 0 bridgehead atoms. The number of carbonyl (C=O) groups excluding carboxylic acids is 1. The molecule has 0 rings (SSSR count). The molecule has 3 nitrogen and oxygen atoms in total. The maximum Gasteiger partial charge on any atom is 0.404 e. The Balaban J connectivity index is 2.82. The molecule has 0 unspecified atom stereocenters. The van der Waals surface area contributed by atoms with E-state index in [2.05, 4.69) is 10.5 Å². The van der Waals surface area contributed by atoms with Crippen molar-refractivity contribution in [1.82, 2.24) is 0 Å². The van der Waals surface area contributed by atoms with Gasteiger partial charge < -0.3 is 10.5 Å². The monoisotopic (exact) mass is 116 g/mol. The zero-order valence-corrected chi connectivity index (χ0v) is 4.89. The fourth-order valence-corrected chi connectivity index (χ4v) is 0.259. The average molecular weight is 116 g/mol. The second kappa shape index (κ2) is 4.43. The van der Waals surface area contributed by atoms with Gasteiger partial charge in [0.2, 0.25) is 0 Å². The predicted molar refractivity (Wildman–Crippen MR) is 29.9 cm³/mol. The van der Waals surface area contributed by atoms with E-state index in [0.717, 1.165) is 12.8 Å². The van der Waals surface area contributed by atoms with Gasteiger partial charge in [0.15, 0.2) is 0 Å². The lowest BCUT2D eigenvalue weighted by molar-refractivity contribution is 0.180. The molecule has 0 saturated heterocycles. The Kier molecular flexibility index (Phi) is 4.03. The van der Waals surface area contributed by atoms with Gasteiger partial charge in [0.1, 0.15) is 6.61 Å². The summed E-state index contributed by atoms with van der Waals surface area (Å²) in [6, 6.07) is 0. The molecule has 0 atom stereocenters. The Labute approximate surface area is 48.8 Å². The second-order valence-corrected chi connectivity index (χ2v) is 1.39. The van der Waals surface area contributed by atoms with Crippen LogP contribution in [0.15, 0.2) is 0 Å². The lowest BCUT2D eigenvalue weighted by Crippen LogP contribution is -2.10. The molecular weight excluding hydrogens is 106 g/mol. The quantitative estimate of drug-likeness (QED) is 0.560. The van der Waals surface area contributed by atoms with E-state index in [1.165, 1.54) is 6.61 Å². The van der Waals surface area contributed by atoms with Gasteiger partial charge in [0.25, 0.3) is 0 Å². The molecule has 47 valence electrons. The first-order valence-corrected chi connectivity index (χ1v) is 2.55. The molecule has 0 aliphatic carbocycles. The SMILES string of the molecule is CCC[CH]OC(N)=O. The molecule has 0 fully saturated rings. The van der Waals surface area contributed by atoms with Crippen LogP contribution in [-0.2, 0) is 4.74 Å². The lowest BCUT2D eigenvalue weighted by atomic mass is 10.4. The number of hydrogen-bond acceptors (Lipinski definition) is 2. The van der Waals surface area contributed by atoms with Crippen molar-refractivity contribution in [2.75, 3.05) is 0 Å². The third-order valence-electron chi connectivity index (χ3n) is 0.606. The zero-order chi connectivity index (χ0) is 6.41. The molecule has 0 aromatic carbocycles. The molecule has 0 aromatic rings. The minimum Gasteiger partial charge on any atom is -0.442 e. The van der Waals surface area contributed by atoms with Gasteiger partial charge in [-0.2, -0.15) is 0 Å². The van der Waals surface area contributed by atoms with E-state index in [1.807, 2.05) is 6.92 Å². The van der Waals surface area contributed by atoms with Crippen LogP contribution in [0.25, 0.3) is 0 Å². The Hall–Kier alpha value is -0.730. The van der Waals surface area contributed by atoms with Crippen LogP contribution in [0.2, 0.25) is 0 Å². The summed E-state index contributed by atoms with van der Waals surface area (Å²) in [5.74, 6) is 0. The maximum atomic E-state index is 9.84. The van der Waals surface area contributed by atoms with E-state index in [1.54, 1.807) is 0 Å². The maximum absolute atomic E-state index is 9.84. The highest BCUT2D eigenvalue weighted by molar-refractivity contribution is 5.64. The summed E-state index contributed by atoms with van der Waals surface area (Å²) in [6.07, 6.45) is 0.995. The van der Waals surface area contributed by atoms with Crippen LogP contribution in [0.3, 0.4) is 0 Å². The first-order valence-electron chi connectivity index (χ1n) is 2.55. The summed E-state index contributed by atoms with van der Waals surface area (Å²) < 4.78 is 4.30. The summed E-state index contributed by atoms with van der Waals surface area (Å²) in [7, 11) is 0. The largest absolute Gasteiger partial charge is 0.442 e. The van der Waals surface area contributed by atoms with E-state index in [9.17, 15) is 4.79 Å². The van der Waals surface area contributed by atoms with Crippen molar-refractivity contribution < 1.29 is 9.53 Å². The fourth-order valence-electron chi connectivity index (χ4n) is 0.259. The van der Waals surface area contributed by atoms with Crippen LogP contribution in [0, 0.1) is 6.61 Å². The van der Waals surface area contributed by atoms with Gasteiger partial charge in [0, 0.05) is 0 Å². The highest BCUT2D eigenvalue weighted by atomic mass is 16.5. The molecule has 0 aliphatic heterocycles. The Morgan fingerprint density at radius 2 is 2.50 bits per heavy atom. The first kappa shape index (κ1) is 7.27. The molecule has 0 aliphatic rings. The molecule has 0 spiro atoms. The number of unbranched alkanes of at least 4 members (excludes halogenated alkanes) is 1. The third kappa shape index (κ3) is 5.27. The molecule has 2 N–H and O–H groups in total. The van der Waals surface area contributed by atoms with Gasteiger partial charge in [-0.1, -0.05) is 13.3 Å². The molecule has 3 heteroatoms. The van der Waals surface area contributed by atoms with Gasteiger partial charge in [0.05, 0.1) is 0 Å². The highest BCUT2D eigenvalue weighted by Gasteiger charge is 1.90. The molecular formula is C5H10NO2. The summed E-state index contributed by atoms with van der Waals surface area (Å²) in [5.41, 5.74) is 4.64. The number of primary amides is 1. The summed E-state index contributed by atoms with van der Waals surface area (Å²) in [6.45, 7) is 3.39. The van der Waals surface area contributed by atoms with Crippen molar-refractivity contribution in [3.05, 3.63) is 6.61 Å². The number of amides is 1. The van der Waals surface area contributed by atoms with Crippen molar-refractivity contribution in [3.63, 3.8) is 0 Å². The number of rotatable bonds is 3. The van der Waals surface area contributed by atoms with Crippen LogP contribution in [0.5, 0.6) is 0 Å². The van der Waals surface area contributed by atoms with Crippen molar-refractivity contribution in [3.8, 4) is 0 Å². The Morgan fingerprint density at radius 1 is 1.88 bits per heavy atom. The topological polar surface area (TPSA) is 52.3 Å². The number of ether oxygens (including phenoxy) is 1. The summed E-state index contributed by atoms with van der Waals surface area (Å²) in [4.78, 5) is 9.84. The minimum atomic E-state index is -0.738. The van der Waals surface area contributed by atoms with Crippen molar-refractivity contribution in [2.45, 2.75) is 19.8 Å². The van der Waals surface area contributed by atoms with Crippen LogP contribution in [0.4, 0.5) is 4.79 Å². The molecule has 8 heavy (non-hydrogen) atoms. The van der Waals surface area contributed by atoms with E-state index < -0.39 is 6.09 Å². The summed E-state index contributed by atoms with van der Waals surface area (Å²) >= 11 is 0. The van der Waals surface area contributed by atoms with Crippen LogP contribution in [0.1, 0.15) is 19.8 Å². The van der Waals surface area contributed by atoms with Gasteiger partial charge >= 0.3 is 6.09 Å². The minimum absolute atomic E-state index is 0.738. The molecule has 0 aromatic heterocycles. The standard InChI is InChI=1S/C5H10NO2/c1-2-3-4-8-5(6)7/h4H,2-3H2,1H3,(H2,6,7). The number of carbonyl (C=O) groups is 1.